The van der Waals surface area contributed by atoms with E-state index in [1.165, 1.54) is 11.3 Å². The van der Waals surface area contributed by atoms with Crippen molar-refractivity contribution in [2.75, 3.05) is 18.2 Å². The fourth-order valence-electron chi connectivity index (χ4n) is 2.02. The van der Waals surface area contributed by atoms with Crippen LogP contribution in [0.4, 0.5) is 5.13 Å². The van der Waals surface area contributed by atoms with Gasteiger partial charge in [0.05, 0.1) is 7.11 Å². The molecular formula is C16H17N3O3S2. The molecule has 0 fully saturated rings. The smallest absolute Gasteiger partial charge is 0.293 e. The van der Waals surface area contributed by atoms with Crippen LogP contribution in [0.25, 0.3) is 11.0 Å². The lowest BCUT2D eigenvalue weighted by molar-refractivity contribution is 0.0998. The number of furan rings is 1. The molecule has 1 amide bonds. The largest absolute Gasteiger partial charge is 0.493 e. The Hall–Kier alpha value is -2.06. The zero-order valence-corrected chi connectivity index (χ0v) is 15.2. The Morgan fingerprint density at radius 3 is 3.00 bits per heavy atom. The van der Waals surface area contributed by atoms with Crippen LogP contribution in [0.5, 0.6) is 5.75 Å². The van der Waals surface area contributed by atoms with Gasteiger partial charge in [-0.05, 0) is 18.1 Å². The average molecular weight is 363 g/mol. The van der Waals surface area contributed by atoms with E-state index >= 15 is 0 Å². The van der Waals surface area contributed by atoms with Crippen molar-refractivity contribution in [1.29, 1.82) is 0 Å². The monoisotopic (exact) mass is 363 g/mol. The normalized spacial score (nSPS) is 11.2. The number of nitrogens with zero attached hydrogens (tertiary/aromatic N) is 2. The Kier molecular flexibility index (Phi) is 5.06. The van der Waals surface area contributed by atoms with Crippen molar-refractivity contribution in [1.82, 2.24) is 10.2 Å². The molecule has 0 spiro atoms. The molecule has 0 atom stereocenters. The van der Waals surface area contributed by atoms with Gasteiger partial charge < -0.3 is 9.15 Å². The lowest BCUT2D eigenvalue weighted by Gasteiger charge is -1.99. The standard InChI is InChI=1S/C16H17N3O3S2/c1-9(2)8-23-16-19-18-15(24-16)17-14(20)12-7-10-5-4-6-11(21-3)13(10)22-12/h4-7,9H,8H2,1-3H3,(H,17,18,20). The number of ether oxygens (including phenoxy) is 1. The molecule has 0 radical (unpaired) electrons. The second-order valence-electron chi connectivity index (χ2n) is 5.52. The first kappa shape index (κ1) is 16.8. The first-order valence-electron chi connectivity index (χ1n) is 7.41. The van der Waals surface area contributed by atoms with E-state index in [1.807, 2.05) is 12.1 Å². The van der Waals surface area contributed by atoms with Gasteiger partial charge >= 0.3 is 0 Å². The lowest BCUT2D eigenvalue weighted by atomic mass is 10.2. The molecule has 2 aromatic heterocycles. The molecule has 0 saturated carbocycles. The van der Waals surface area contributed by atoms with Gasteiger partial charge in [0.2, 0.25) is 5.13 Å². The minimum Gasteiger partial charge on any atom is -0.493 e. The van der Waals surface area contributed by atoms with Gasteiger partial charge in [0.25, 0.3) is 5.91 Å². The number of rotatable bonds is 6. The Morgan fingerprint density at radius 2 is 2.25 bits per heavy atom. The number of benzene rings is 1. The predicted molar refractivity (Wildman–Crippen MR) is 96.2 cm³/mol. The maximum atomic E-state index is 12.3. The number of thioether (sulfide) groups is 1. The lowest BCUT2D eigenvalue weighted by Crippen LogP contribution is -2.10. The SMILES string of the molecule is COc1cccc2cc(C(=O)Nc3nnc(SCC(C)C)s3)oc12. The number of hydrogen-bond acceptors (Lipinski definition) is 7. The molecule has 0 aliphatic rings. The summed E-state index contributed by atoms with van der Waals surface area (Å²) in [7, 11) is 1.56. The third-order valence-electron chi connectivity index (χ3n) is 3.12. The molecule has 1 N–H and O–H groups in total. The van der Waals surface area contributed by atoms with Crippen LogP contribution in [0.2, 0.25) is 0 Å². The summed E-state index contributed by atoms with van der Waals surface area (Å²) in [6, 6.07) is 7.18. The Morgan fingerprint density at radius 1 is 1.42 bits per heavy atom. The van der Waals surface area contributed by atoms with Crippen LogP contribution in [0.15, 0.2) is 33.0 Å². The molecule has 3 rings (SSSR count). The molecule has 6 nitrogen and oxygen atoms in total. The third kappa shape index (κ3) is 3.70. The number of fused-ring (bicyclic) bond motifs is 1. The number of hydrogen-bond donors (Lipinski definition) is 1. The van der Waals surface area contributed by atoms with E-state index in [9.17, 15) is 4.79 Å². The van der Waals surface area contributed by atoms with Gasteiger partial charge in [-0.25, -0.2) is 0 Å². The summed E-state index contributed by atoms with van der Waals surface area (Å²) in [5.74, 6) is 1.98. The second kappa shape index (κ2) is 7.23. The molecule has 1 aromatic carbocycles. The quantitative estimate of drug-likeness (QED) is 0.520. The number of aromatic nitrogens is 2. The number of amides is 1. The average Bonchev–Trinajstić information content (AvgIpc) is 3.18. The Bertz CT molecular complexity index is 857. The van der Waals surface area contributed by atoms with Crippen molar-refractivity contribution in [3.63, 3.8) is 0 Å². The maximum absolute atomic E-state index is 12.3. The first-order chi connectivity index (χ1) is 11.6. The van der Waals surface area contributed by atoms with E-state index in [0.29, 0.717) is 22.4 Å². The molecular weight excluding hydrogens is 346 g/mol. The molecule has 0 aliphatic carbocycles. The van der Waals surface area contributed by atoms with E-state index in [0.717, 1.165) is 15.5 Å². The van der Waals surface area contributed by atoms with E-state index in [2.05, 4.69) is 29.4 Å². The van der Waals surface area contributed by atoms with Gasteiger partial charge in [0.1, 0.15) is 0 Å². The highest BCUT2D eigenvalue weighted by atomic mass is 32.2. The van der Waals surface area contributed by atoms with Gasteiger partial charge in [-0.15, -0.1) is 10.2 Å². The predicted octanol–water partition coefficient (Wildman–Crippen LogP) is 4.29. The van der Waals surface area contributed by atoms with Crippen LogP contribution in [0.3, 0.4) is 0 Å². The number of anilines is 1. The van der Waals surface area contributed by atoms with Crippen LogP contribution in [0.1, 0.15) is 24.4 Å². The zero-order valence-electron chi connectivity index (χ0n) is 13.5. The number of methoxy groups -OCH3 is 1. The Labute approximate surface area is 147 Å². The minimum absolute atomic E-state index is 0.209. The van der Waals surface area contributed by atoms with Gasteiger partial charge in [0.15, 0.2) is 21.4 Å². The van der Waals surface area contributed by atoms with Crippen molar-refractivity contribution in [3.05, 3.63) is 30.0 Å². The fraction of sp³-hybridized carbons (Fsp3) is 0.312. The van der Waals surface area contributed by atoms with Crippen molar-refractivity contribution in [3.8, 4) is 5.75 Å². The van der Waals surface area contributed by atoms with Crippen molar-refractivity contribution >= 4 is 45.1 Å². The Balaban J connectivity index is 1.73. The number of carbonyl (C=O) groups excluding carboxylic acids is 1. The number of nitrogens with one attached hydrogen (secondary N) is 1. The molecule has 126 valence electrons. The molecule has 0 unspecified atom stereocenters. The molecule has 0 saturated heterocycles. The summed E-state index contributed by atoms with van der Waals surface area (Å²) in [4.78, 5) is 12.3. The van der Waals surface area contributed by atoms with Crippen LogP contribution in [-0.2, 0) is 0 Å². The van der Waals surface area contributed by atoms with Crippen LogP contribution < -0.4 is 10.1 Å². The summed E-state index contributed by atoms with van der Waals surface area (Å²) in [6.07, 6.45) is 0. The summed E-state index contributed by atoms with van der Waals surface area (Å²) < 4.78 is 11.7. The highest BCUT2D eigenvalue weighted by molar-refractivity contribution is 8.01. The minimum atomic E-state index is -0.357. The van der Waals surface area contributed by atoms with Crippen LogP contribution >= 0.6 is 23.1 Å². The van der Waals surface area contributed by atoms with E-state index in [-0.39, 0.29) is 11.7 Å². The molecule has 0 aliphatic heterocycles. The highest BCUT2D eigenvalue weighted by Crippen LogP contribution is 2.30. The number of para-hydroxylation sites is 1. The summed E-state index contributed by atoms with van der Waals surface area (Å²) in [5.41, 5.74) is 0.551. The molecule has 24 heavy (non-hydrogen) atoms. The molecule has 2 heterocycles. The summed E-state index contributed by atoms with van der Waals surface area (Å²) in [6.45, 7) is 4.29. The van der Waals surface area contributed by atoms with E-state index in [1.54, 1.807) is 31.0 Å². The van der Waals surface area contributed by atoms with Crippen molar-refractivity contribution in [2.45, 2.75) is 18.2 Å². The highest BCUT2D eigenvalue weighted by Gasteiger charge is 2.17. The van der Waals surface area contributed by atoms with Crippen LogP contribution in [0, 0.1) is 5.92 Å². The summed E-state index contributed by atoms with van der Waals surface area (Å²) in [5, 5.41) is 12.1. The van der Waals surface area contributed by atoms with Gasteiger partial charge in [-0.1, -0.05) is 49.1 Å². The summed E-state index contributed by atoms with van der Waals surface area (Å²) >= 11 is 2.99. The van der Waals surface area contributed by atoms with Crippen LogP contribution in [-0.4, -0.2) is 29.0 Å². The molecule has 3 aromatic rings. The van der Waals surface area contributed by atoms with Gasteiger partial charge in [-0.2, -0.15) is 0 Å². The fourth-order valence-corrected chi connectivity index (χ4v) is 3.75. The van der Waals surface area contributed by atoms with Gasteiger partial charge in [-0.3, -0.25) is 10.1 Å². The zero-order chi connectivity index (χ0) is 17.1. The second-order valence-corrected chi connectivity index (χ2v) is 7.77. The van der Waals surface area contributed by atoms with Crippen molar-refractivity contribution < 1.29 is 13.9 Å². The van der Waals surface area contributed by atoms with E-state index < -0.39 is 0 Å². The van der Waals surface area contributed by atoms with E-state index in [4.69, 9.17) is 9.15 Å². The molecule has 0 bridgehead atoms. The molecule has 8 heteroatoms. The van der Waals surface area contributed by atoms with Crippen molar-refractivity contribution in [2.24, 2.45) is 5.92 Å². The maximum Gasteiger partial charge on any atom is 0.293 e. The topological polar surface area (TPSA) is 77.2 Å². The first-order valence-corrected chi connectivity index (χ1v) is 9.21. The van der Waals surface area contributed by atoms with Gasteiger partial charge in [0, 0.05) is 11.1 Å². The third-order valence-corrected chi connectivity index (χ3v) is 5.52. The number of carbonyl (C=O) groups is 1.